The second-order valence-corrected chi connectivity index (χ2v) is 6.68. The Morgan fingerprint density at radius 3 is 2.48 bits per heavy atom. The summed E-state index contributed by atoms with van der Waals surface area (Å²) in [6.07, 6.45) is -0.590. The summed E-state index contributed by atoms with van der Waals surface area (Å²) in [5.41, 5.74) is 7.45. The van der Waals surface area contributed by atoms with Crippen LogP contribution in [0.2, 0.25) is 5.02 Å². The molecular formula is C19H20ClNO4. The van der Waals surface area contributed by atoms with Gasteiger partial charge in [-0.05, 0) is 23.8 Å². The zero-order valence-corrected chi connectivity index (χ0v) is 14.4. The molecule has 0 amide bonds. The van der Waals surface area contributed by atoms with Crippen molar-refractivity contribution in [2.75, 3.05) is 18.9 Å². The Kier molecular flexibility index (Phi) is 4.81. The summed E-state index contributed by atoms with van der Waals surface area (Å²) in [5, 5.41) is 0.485. The van der Waals surface area contributed by atoms with Gasteiger partial charge < -0.3 is 24.7 Å². The highest BCUT2D eigenvalue weighted by molar-refractivity contribution is 6.32. The molecular weight excluding hydrogens is 342 g/mol. The third kappa shape index (κ3) is 3.60. The van der Waals surface area contributed by atoms with Gasteiger partial charge in [-0.1, -0.05) is 41.9 Å². The predicted octanol–water partition coefficient (Wildman–Crippen LogP) is 3.05. The van der Waals surface area contributed by atoms with E-state index in [9.17, 15) is 0 Å². The number of rotatable bonds is 5. The minimum absolute atomic E-state index is 0.0966. The number of hydrogen-bond acceptors (Lipinski definition) is 5. The molecule has 4 atom stereocenters. The molecule has 0 saturated carbocycles. The van der Waals surface area contributed by atoms with Gasteiger partial charge in [0.05, 0.1) is 24.8 Å². The summed E-state index contributed by atoms with van der Waals surface area (Å²) in [4.78, 5) is 0. The molecule has 2 heterocycles. The van der Waals surface area contributed by atoms with Gasteiger partial charge in [-0.3, -0.25) is 0 Å². The van der Waals surface area contributed by atoms with E-state index in [1.807, 2.05) is 30.3 Å². The molecule has 25 heavy (non-hydrogen) atoms. The standard InChI is InChI=1S/C19H20ClNO4/c20-14-8-13(21)6-7-15(14)25-17-11-24-18-16(10-23-19(17)18)22-9-12-4-2-1-3-5-12/h1-8,16-19H,9-11,21H2/t16-,17?,18+,19+/m0/s1. The smallest absolute Gasteiger partial charge is 0.151 e. The summed E-state index contributed by atoms with van der Waals surface area (Å²) in [5.74, 6) is 0.586. The van der Waals surface area contributed by atoms with E-state index in [1.165, 1.54) is 0 Å². The zero-order valence-electron chi connectivity index (χ0n) is 13.6. The Hall–Kier alpha value is -1.79. The molecule has 0 bridgehead atoms. The average molecular weight is 362 g/mol. The largest absolute Gasteiger partial charge is 0.484 e. The first-order valence-corrected chi connectivity index (χ1v) is 8.69. The molecule has 2 aliphatic rings. The number of ether oxygens (including phenoxy) is 4. The van der Waals surface area contributed by atoms with Gasteiger partial charge in [-0.15, -0.1) is 0 Å². The van der Waals surface area contributed by atoms with Crippen LogP contribution in [-0.4, -0.2) is 37.6 Å². The van der Waals surface area contributed by atoms with Gasteiger partial charge in [0.1, 0.15) is 24.1 Å². The third-order valence-corrected chi connectivity index (χ3v) is 4.80. The van der Waals surface area contributed by atoms with Gasteiger partial charge in [0.15, 0.2) is 6.10 Å². The van der Waals surface area contributed by atoms with E-state index >= 15 is 0 Å². The quantitative estimate of drug-likeness (QED) is 0.829. The van der Waals surface area contributed by atoms with E-state index in [4.69, 9.17) is 36.3 Å². The fourth-order valence-electron chi connectivity index (χ4n) is 3.23. The fraction of sp³-hybridized carbons (Fsp3) is 0.368. The molecule has 6 heteroatoms. The molecule has 2 fully saturated rings. The zero-order chi connectivity index (χ0) is 17.2. The molecule has 2 aromatic carbocycles. The highest BCUT2D eigenvalue weighted by Crippen LogP contribution is 2.34. The third-order valence-electron chi connectivity index (χ3n) is 4.50. The van der Waals surface area contributed by atoms with Crippen LogP contribution in [0.1, 0.15) is 5.56 Å². The van der Waals surface area contributed by atoms with Crippen LogP contribution in [0.4, 0.5) is 5.69 Å². The molecule has 2 N–H and O–H groups in total. The molecule has 0 spiro atoms. The van der Waals surface area contributed by atoms with Crippen LogP contribution in [0.3, 0.4) is 0 Å². The lowest BCUT2D eigenvalue weighted by Gasteiger charge is -2.19. The van der Waals surface area contributed by atoms with Crippen LogP contribution < -0.4 is 10.5 Å². The van der Waals surface area contributed by atoms with Crippen LogP contribution in [-0.2, 0) is 20.8 Å². The van der Waals surface area contributed by atoms with E-state index in [0.717, 1.165) is 5.56 Å². The lowest BCUT2D eigenvalue weighted by atomic mass is 10.1. The van der Waals surface area contributed by atoms with Crippen LogP contribution in [0.5, 0.6) is 5.75 Å². The maximum absolute atomic E-state index is 6.19. The first-order valence-electron chi connectivity index (χ1n) is 8.31. The number of hydrogen-bond donors (Lipinski definition) is 1. The van der Waals surface area contributed by atoms with Gasteiger partial charge in [-0.2, -0.15) is 0 Å². The second kappa shape index (κ2) is 7.22. The lowest BCUT2D eigenvalue weighted by Crippen LogP contribution is -2.35. The Bertz CT molecular complexity index is 727. The highest BCUT2D eigenvalue weighted by atomic mass is 35.5. The van der Waals surface area contributed by atoms with Crippen molar-refractivity contribution in [2.24, 2.45) is 0 Å². The van der Waals surface area contributed by atoms with Crippen molar-refractivity contribution in [3.8, 4) is 5.75 Å². The lowest BCUT2D eigenvalue weighted by molar-refractivity contribution is -0.0425. The molecule has 132 valence electrons. The summed E-state index contributed by atoms with van der Waals surface area (Å²) < 4.78 is 23.8. The summed E-state index contributed by atoms with van der Waals surface area (Å²) in [6, 6.07) is 15.3. The van der Waals surface area contributed by atoms with E-state index in [0.29, 0.717) is 36.3 Å². The van der Waals surface area contributed by atoms with Gasteiger partial charge in [0.25, 0.3) is 0 Å². The van der Waals surface area contributed by atoms with E-state index in [-0.39, 0.29) is 24.4 Å². The minimum atomic E-state index is -0.212. The van der Waals surface area contributed by atoms with Gasteiger partial charge in [0, 0.05) is 5.69 Å². The fourth-order valence-corrected chi connectivity index (χ4v) is 3.46. The molecule has 2 aliphatic heterocycles. The van der Waals surface area contributed by atoms with Crippen molar-refractivity contribution in [3.05, 3.63) is 59.1 Å². The van der Waals surface area contributed by atoms with E-state index in [1.54, 1.807) is 18.2 Å². The van der Waals surface area contributed by atoms with E-state index in [2.05, 4.69) is 0 Å². The summed E-state index contributed by atoms with van der Waals surface area (Å²) in [6.45, 7) is 1.48. The number of nitrogen functional groups attached to an aromatic ring is 1. The van der Waals surface area contributed by atoms with E-state index < -0.39 is 0 Å². The van der Waals surface area contributed by atoms with Crippen molar-refractivity contribution < 1.29 is 18.9 Å². The first kappa shape index (κ1) is 16.7. The summed E-state index contributed by atoms with van der Waals surface area (Å²) in [7, 11) is 0. The Balaban J connectivity index is 1.36. The molecule has 0 aliphatic carbocycles. The summed E-state index contributed by atoms with van der Waals surface area (Å²) >= 11 is 6.19. The van der Waals surface area contributed by atoms with Crippen LogP contribution in [0.25, 0.3) is 0 Å². The van der Waals surface area contributed by atoms with Gasteiger partial charge >= 0.3 is 0 Å². The van der Waals surface area contributed by atoms with Crippen LogP contribution in [0.15, 0.2) is 48.5 Å². The van der Waals surface area contributed by atoms with Crippen molar-refractivity contribution in [1.29, 1.82) is 0 Å². The normalized spacial score (nSPS) is 28.0. The number of nitrogens with two attached hydrogens (primary N) is 1. The SMILES string of the molecule is Nc1ccc(OC2CO[C@@H]3[C@@H](OCc4ccccc4)CO[C@H]23)c(Cl)c1. The van der Waals surface area contributed by atoms with Crippen LogP contribution in [0, 0.1) is 0 Å². The number of benzene rings is 2. The Morgan fingerprint density at radius 2 is 1.72 bits per heavy atom. The molecule has 2 aromatic rings. The van der Waals surface area contributed by atoms with Crippen molar-refractivity contribution >= 4 is 17.3 Å². The Labute approximate surface area is 151 Å². The molecule has 2 saturated heterocycles. The number of anilines is 1. The predicted molar refractivity (Wildman–Crippen MR) is 94.8 cm³/mol. The average Bonchev–Trinajstić information content (AvgIpc) is 3.19. The molecule has 5 nitrogen and oxygen atoms in total. The van der Waals surface area contributed by atoms with Crippen molar-refractivity contribution in [1.82, 2.24) is 0 Å². The number of halogens is 1. The number of fused-ring (bicyclic) bond motifs is 1. The van der Waals surface area contributed by atoms with Crippen LogP contribution >= 0.6 is 11.6 Å². The first-order chi connectivity index (χ1) is 12.2. The topological polar surface area (TPSA) is 62.9 Å². The maximum atomic E-state index is 6.19. The van der Waals surface area contributed by atoms with Crippen molar-refractivity contribution in [2.45, 2.75) is 31.0 Å². The maximum Gasteiger partial charge on any atom is 0.151 e. The van der Waals surface area contributed by atoms with Gasteiger partial charge in [0.2, 0.25) is 0 Å². The van der Waals surface area contributed by atoms with Crippen molar-refractivity contribution in [3.63, 3.8) is 0 Å². The monoisotopic (exact) mass is 361 g/mol. The molecule has 0 radical (unpaired) electrons. The molecule has 1 unspecified atom stereocenters. The Morgan fingerprint density at radius 1 is 1.00 bits per heavy atom. The highest BCUT2D eigenvalue weighted by Gasteiger charge is 2.49. The second-order valence-electron chi connectivity index (χ2n) is 6.28. The molecule has 4 rings (SSSR count). The molecule has 0 aromatic heterocycles. The van der Waals surface area contributed by atoms with Gasteiger partial charge in [-0.25, -0.2) is 0 Å². The minimum Gasteiger partial charge on any atom is -0.484 e.